The zero-order valence-electron chi connectivity index (χ0n) is 13.9. The topological polar surface area (TPSA) is 78.9 Å². The van der Waals surface area contributed by atoms with E-state index in [2.05, 4.69) is 0 Å². The average molecular weight is 411 g/mol. The molecule has 26 heavy (non-hydrogen) atoms. The van der Waals surface area contributed by atoms with E-state index in [0.29, 0.717) is 35.4 Å². The minimum Gasteiger partial charge on any atom is -0.548 e. The SMILES string of the molecule is CSCC[C@H](C(=O)[O-])N1C(=O)/C(=C\c2ccc3c(c2)OCCO3)SC1=S. The van der Waals surface area contributed by atoms with Gasteiger partial charge in [0.1, 0.15) is 17.5 Å². The molecule has 6 nitrogen and oxygen atoms in total. The maximum atomic E-state index is 12.7. The van der Waals surface area contributed by atoms with Crippen LogP contribution in [0.2, 0.25) is 0 Å². The molecule has 0 spiro atoms. The Bertz CT molecular complexity index is 780. The summed E-state index contributed by atoms with van der Waals surface area (Å²) in [5.74, 6) is 0.168. The van der Waals surface area contributed by atoms with Crippen LogP contribution in [0.5, 0.6) is 11.5 Å². The summed E-state index contributed by atoms with van der Waals surface area (Å²) in [4.78, 5) is 25.7. The molecule has 0 aromatic heterocycles. The van der Waals surface area contributed by atoms with Crippen LogP contribution in [0.4, 0.5) is 0 Å². The highest BCUT2D eigenvalue weighted by Gasteiger charge is 2.37. The van der Waals surface area contributed by atoms with Crippen molar-refractivity contribution in [1.29, 1.82) is 0 Å². The monoisotopic (exact) mass is 410 g/mol. The summed E-state index contributed by atoms with van der Waals surface area (Å²) in [5, 5.41) is 11.5. The van der Waals surface area contributed by atoms with Gasteiger partial charge in [-0.15, -0.1) is 0 Å². The maximum Gasteiger partial charge on any atom is 0.266 e. The van der Waals surface area contributed by atoms with Crippen molar-refractivity contribution in [2.24, 2.45) is 0 Å². The summed E-state index contributed by atoms with van der Waals surface area (Å²) >= 11 is 7.84. The van der Waals surface area contributed by atoms with E-state index in [1.807, 2.05) is 12.3 Å². The van der Waals surface area contributed by atoms with Crippen LogP contribution in [0.3, 0.4) is 0 Å². The Morgan fingerprint density at radius 1 is 1.42 bits per heavy atom. The van der Waals surface area contributed by atoms with E-state index in [1.54, 1.807) is 18.2 Å². The van der Waals surface area contributed by atoms with Crippen LogP contribution in [0.25, 0.3) is 6.08 Å². The zero-order valence-corrected chi connectivity index (χ0v) is 16.4. The number of aliphatic carboxylic acids is 1. The van der Waals surface area contributed by atoms with Gasteiger partial charge in [0.2, 0.25) is 0 Å². The molecular formula is C17H16NO5S3-. The van der Waals surface area contributed by atoms with Gasteiger partial charge in [-0.1, -0.05) is 30.0 Å². The van der Waals surface area contributed by atoms with Crippen LogP contribution >= 0.6 is 35.7 Å². The number of carbonyl (C=O) groups excluding carboxylic acids is 2. The third-order valence-electron chi connectivity index (χ3n) is 3.87. The Balaban J connectivity index is 1.83. The van der Waals surface area contributed by atoms with Crippen molar-refractivity contribution in [2.45, 2.75) is 12.5 Å². The maximum absolute atomic E-state index is 12.7. The van der Waals surface area contributed by atoms with Gasteiger partial charge in [-0.3, -0.25) is 9.69 Å². The normalized spacial score (nSPS) is 19.1. The first-order valence-corrected chi connectivity index (χ1v) is 10.5. The molecule has 0 bridgehead atoms. The predicted octanol–water partition coefficient (Wildman–Crippen LogP) is 1.53. The number of hydrogen-bond donors (Lipinski definition) is 0. The van der Waals surface area contributed by atoms with Crippen molar-refractivity contribution in [3.05, 3.63) is 28.7 Å². The Kier molecular flexibility index (Phi) is 6.10. The number of carboxylic acids is 1. The highest BCUT2D eigenvalue weighted by Crippen LogP contribution is 2.36. The number of rotatable bonds is 6. The lowest BCUT2D eigenvalue weighted by atomic mass is 10.1. The Morgan fingerprint density at radius 3 is 2.85 bits per heavy atom. The molecule has 0 saturated carbocycles. The summed E-state index contributed by atoms with van der Waals surface area (Å²) in [7, 11) is 0. The summed E-state index contributed by atoms with van der Waals surface area (Å²) in [5.41, 5.74) is 0.754. The van der Waals surface area contributed by atoms with Crippen LogP contribution in [0, 0.1) is 0 Å². The van der Waals surface area contributed by atoms with E-state index in [-0.39, 0.29) is 10.7 Å². The first-order valence-electron chi connectivity index (χ1n) is 7.87. The second-order valence-electron chi connectivity index (χ2n) is 5.57. The summed E-state index contributed by atoms with van der Waals surface area (Å²) in [6, 6.07) is 4.32. The highest BCUT2D eigenvalue weighted by atomic mass is 32.2. The van der Waals surface area contributed by atoms with Crippen LogP contribution in [-0.4, -0.2) is 52.4 Å². The van der Waals surface area contributed by atoms with E-state index in [1.165, 1.54) is 11.8 Å². The lowest BCUT2D eigenvalue weighted by Gasteiger charge is -2.27. The van der Waals surface area contributed by atoms with E-state index < -0.39 is 17.9 Å². The van der Waals surface area contributed by atoms with Crippen molar-refractivity contribution < 1.29 is 24.2 Å². The minimum atomic E-state index is -1.30. The average Bonchev–Trinajstić information content (AvgIpc) is 2.89. The van der Waals surface area contributed by atoms with Gasteiger partial charge in [0, 0.05) is 0 Å². The summed E-state index contributed by atoms with van der Waals surface area (Å²) in [6.07, 6.45) is 3.84. The fourth-order valence-electron chi connectivity index (χ4n) is 2.63. The second-order valence-corrected chi connectivity index (χ2v) is 8.23. The number of nitrogens with zero attached hydrogens (tertiary/aromatic N) is 1. The van der Waals surface area contributed by atoms with Gasteiger partial charge in [-0.2, -0.15) is 11.8 Å². The highest BCUT2D eigenvalue weighted by molar-refractivity contribution is 8.26. The molecule has 0 radical (unpaired) electrons. The predicted molar refractivity (Wildman–Crippen MR) is 104 cm³/mol. The van der Waals surface area contributed by atoms with Gasteiger partial charge in [0.25, 0.3) is 5.91 Å². The molecule has 1 saturated heterocycles. The molecule has 1 amide bonds. The molecule has 2 aliphatic rings. The van der Waals surface area contributed by atoms with Crippen molar-refractivity contribution in [3.8, 4) is 11.5 Å². The molecule has 1 aromatic rings. The number of hydrogen-bond acceptors (Lipinski definition) is 8. The minimum absolute atomic E-state index is 0.231. The van der Waals surface area contributed by atoms with Crippen LogP contribution in [0.1, 0.15) is 12.0 Å². The molecule has 3 rings (SSSR count). The molecule has 1 atom stereocenters. The number of carboxylic acid groups (broad SMARTS) is 1. The Labute approximate surface area is 164 Å². The van der Waals surface area contributed by atoms with Crippen LogP contribution in [-0.2, 0) is 9.59 Å². The molecule has 0 unspecified atom stereocenters. The molecule has 1 fully saturated rings. The molecule has 2 aliphatic heterocycles. The van der Waals surface area contributed by atoms with Crippen molar-refractivity contribution in [1.82, 2.24) is 4.90 Å². The van der Waals surface area contributed by atoms with E-state index in [4.69, 9.17) is 21.7 Å². The number of fused-ring (bicyclic) bond motifs is 1. The fourth-order valence-corrected chi connectivity index (χ4v) is 4.45. The number of thiocarbonyl (C=S) groups is 1. The van der Waals surface area contributed by atoms with Crippen molar-refractivity contribution >= 4 is 58.0 Å². The summed E-state index contributed by atoms with van der Waals surface area (Å²) < 4.78 is 11.2. The molecule has 2 heterocycles. The van der Waals surface area contributed by atoms with Gasteiger partial charge in [-0.05, 0) is 42.2 Å². The van der Waals surface area contributed by atoms with Gasteiger partial charge in [0.05, 0.1) is 16.9 Å². The standard InChI is InChI=1S/C17H17NO5S3/c1-25-7-4-11(16(20)21)18-15(19)14(26-17(18)24)9-10-2-3-12-13(8-10)23-6-5-22-12/h2-3,8-9,11H,4-7H2,1H3,(H,20,21)/p-1/b14-9+/t11-/m1/s1. The smallest absolute Gasteiger partial charge is 0.266 e. The number of carbonyl (C=O) groups is 2. The Morgan fingerprint density at radius 2 is 2.15 bits per heavy atom. The van der Waals surface area contributed by atoms with E-state index in [0.717, 1.165) is 22.2 Å². The van der Waals surface area contributed by atoms with Gasteiger partial charge in [0.15, 0.2) is 11.5 Å². The molecular weight excluding hydrogens is 394 g/mol. The molecule has 138 valence electrons. The molecule has 0 N–H and O–H groups in total. The third kappa shape index (κ3) is 3.99. The molecule has 1 aromatic carbocycles. The first-order chi connectivity index (χ1) is 12.5. The molecule has 9 heteroatoms. The summed E-state index contributed by atoms with van der Waals surface area (Å²) in [6.45, 7) is 0.979. The number of ether oxygens (including phenoxy) is 2. The van der Waals surface area contributed by atoms with E-state index >= 15 is 0 Å². The first kappa shape index (κ1) is 19.1. The molecule has 0 aliphatic carbocycles. The van der Waals surface area contributed by atoms with Gasteiger partial charge in [-0.25, -0.2) is 0 Å². The number of thioether (sulfide) groups is 2. The lowest BCUT2D eigenvalue weighted by molar-refractivity contribution is -0.310. The van der Waals surface area contributed by atoms with E-state index in [9.17, 15) is 14.7 Å². The van der Waals surface area contributed by atoms with Crippen LogP contribution in [0.15, 0.2) is 23.1 Å². The zero-order chi connectivity index (χ0) is 18.7. The fraction of sp³-hybridized carbons (Fsp3) is 0.353. The third-order valence-corrected chi connectivity index (χ3v) is 5.84. The second kappa shape index (κ2) is 8.32. The number of benzene rings is 1. The van der Waals surface area contributed by atoms with Gasteiger partial charge >= 0.3 is 0 Å². The van der Waals surface area contributed by atoms with Crippen molar-refractivity contribution in [3.63, 3.8) is 0 Å². The number of amides is 1. The lowest BCUT2D eigenvalue weighted by Crippen LogP contribution is -2.50. The van der Waals surface area contributed by atoms with Crippen LogP contribution < -0.4 is 14.6 Å². The van der Waals surface area contributed by atoms with Gasteiger partial charge < -0.3 is 19.4 Å². The Hall–Kier alpha value is -1.71. The largest absolute Gasteiger partial charge is 0.548 e. The quantitative estimate of drug-likeness (QED) is 0.516. The van der Waals surface area contributed by atoms with Crippen molar-refractivity contribution in [2.75, 3.05) is 25.2 Å².